The zero-order valence-electron chi connectivity index (χ0n) is 46.7. The molecule has 0 saturated heterocycles. The molecular weight excluding hydrogens is 841 g/mol. The number of ether oxygens (including phenoxy) is 3. The second-order valence-electron chi connectivity index (χ2n) is 22.1. The summed E-state index contributed by atoms with van der Waals surface area (Å²) in [7, 11) is 0. The molecule has 2 atom stereocenters. The van der Waals surface area contributed by atoms with Crippen molar-refractivity contribution in [3.05, 3.63) is 0 Å². The molecule has 0 bridgehead atoms. The highest BCUT2D eigenvalue weighted by Crippen LogP contribution is 2.19. The highest BCUT2D eigenvalue weighted by molar-refractivity contribution is 5.71. The second-order valence-corrected chi connectivity index (χ2v) is 22.1. The Kier molecular flexibility index (Phi) is 53.5. The van der Waals surface area contributed by atoms with E-state index in [-0.39, 0.29) is 31.1 Å². The van der Waals surface area contributed by atoms with Gasteiger partial charge in [0.05, 0.1) is 0 Å². The molecule has 6 heteroatoms. The SMILES string of the molecule is CCCCCCCCCCCCCCCCCC(=O)O[C@@H](COC(=O)CCCCCCCCCCCCCCCCCCCCC(C)C)COC(=O)CCCCCCCCCCCCC(C)CC. The number of carbonyl (C=O) groups excluding carboxylic acids is 3. The monoisotopic (exact) mass is 961 g/mol. The Morgan fingerprint density at radius 3 is 0.838 bits per heavy atom. The topological polar surface area (TPSA) is 78.9 Å². The molecule has 0 aliphatic heterocycles. The average Bonchev–Trinajstić information content (AvgIpc) is 3.32. The lowest BCUT2D eigenvalue weighted by atomic mass is 9.99. The van der Waals surface area contributed by atoms with Gasteiger partial charge in [0.15, 0.2) is 6.10 Å². The van der Waals surface area contributed by atoms with Crippen molar-refractivity contribution in [2.45, 2.75) is 355 Å². The van der Waals surface area contributed by atoms with E-state index in [1.165, 1.54) is 238 Å². The van der Waals surface area contributed by atoms with Crippen LogP contribution in [0.15, 0.2) is 0 Å². The number of rotatable bonds is 56. The molecule has 0 aromatic rings. The van der Waals surface area contributed by atoms with Crippen molar-refractivity contribution in [1.29, 1.82) is 0 Å². The van der Waals surface area contributed by atoms with Gasteiger partial charge in [-0.25, -0.2) is 0 Å². The smallest absolute Gasteiger partial charge is 0.306 e. The first-order chi connectivity index (χ1) is 33.3. The molecule has 0 rings (SSSR count). The minimum Gasteiger partial charge on any atom is -0.462 e. The van der Waals surface area contributed by atoms with Crippen molar-refractivity contribution in [2.24, 2.45) is 11.8 Å². The fraction of sp³-hybridized carbons (Fsp3) is 0.952. The van der Waals surface area contributed by atoms with Crippen molar-refractivity contribution in [3.63, 3.8) is 0 Å². The highest BCUT2D eigenvalue weighted by Gasteiger charge is 2.19. The molecule has 0 heterocycles. The quantitative estimate of drug-likeness (QED) is 0.0343. The van der Waals surface area contributed by atoms with E-state index in [0.717, 1.165) is 69.6 Å². The van der Waals surface area contributed by atoms with Crippen molar-refractivity contribution in [3.8, 4) is 0 Å². The molecule has 1 unspecified atom stereocenters. The maximum absolute atomic E-state index is 12.9. The van der Waals surface area contributed by atoms with E-state index < -0.39 is 6.10 Å². The van der Waals surface area contributed by atoms with E-state index in [1.54, 1.807) is 0 Å². The third-order valence-electron chi connectivity index (χ3n) is 14.6. The second kappa shape index (κ2) is 54.7. The van der Waals surface area contributed by atoms with E-state index >= 15 is 0 Å². The zero-order chi connectivity index (χ0) is 49.6. The van der Waals surface area contributed by atoms with Gasteiger partial charge in [-0.05, 0) is 31.1 Å². The molecule has 0 radical (unpaired) electrons. The summed E-state index contributed by atoms with van der Waals surface area (Å²) >= 11 is 0. The van der Waals surface area contributed by atoms with Crippen molar-refractivity contribution < 1.29 is 28.6 Å². The first kappa shape index (κ1) is 66.4. The largest absolute Gasteiger partial charge is 0.462 e. The molecular formula is C62H120O6. The van der Waals surface area contributed by atoms with Gasteiger partial charge in [-0.15, -0.1) is 0 Å². The van der Waals surface area contributed by atoms with Crippen molar-refractivity contribution >= 4 is 17.9 Å². The van der Waals surface area contributed by atoms with Gasteiger partial charge in [0.25, 0.3) is 0 Å². The first-order valence-electron chi connectivity index (χ1n) is 30.8. The summed E-state index contributed by atoms with van der Waals surface area (Å²) in [5, 5.41) is 0. The van der Waals surface area contributed by atoms with Crippen LogP contribution in [0.4, 0.5) is 0 Å². The summed E-state index contributed by atoms with van der Waals surface area (Å²) in [6.07, 6.45) is 59.5. The molecule has 0 saturated carbocycles. The van der Waals surface area contributed by atoms with Crippen LogP contribution >= 0.6 is 0 Å². The van der Waals surface area contributed by atoms with Crippen LogP contribution in [0.1, 0.15) is 349 Å². The number of carbonyl (C=O) groups is 3. The Morgan fingerprint density at radius 1 is 0.309 bits per heavy atom. The Labute approximate surface area is 425 Å². The summed E-state index contributed by atoms with van der Waals surface area (Å²) in [6.45, 7) is 11.5. The first-order valence-corrected chi connectivity index (χ1v) is 30.8. The lowest BCUT2D eigenvalue weighted by Gasteiger charge is -2.18. The molecule has 0 aliphatic carbocycles. The normalized spacial score (nSPS) is 12.4. The Balaban J connectivity index is 4.26. The maximum atomic E-state index is 12.9. The molecule has 404 valence electrons. The number of hydrogen-bond acceptors (Lipinski definition) is 6. The van der Waals surface area contributed by atoms with E-state index in [4.69, 9.17) is 14.2 Å². The van der Waals surface area contributed by atoms with Crippen LogP contribution in [-0.4, -0.2) is 37.2 Å². The van der Waals surface area contributed by atoms with Crippen LogP contribution in [0, 0.1) is 11.8 Å². The van der Waals surface area contributed by atoms with E-state index in [9.17, 15) is 14.4 Å². The van der Waals surface area contributed by atoms with E-state index in [0.29, 0.717) is 19.3 Å². The van der Waals surface area contributed by atoms with Crippen molar-refractivity contribution in [1.82, 2.24) is 0 Å². The Bertz CT molecular complexity index is 1040. The fourth-order valence-electron chi connectivity index (χ4n) is 9.55. The molecule has 0 N–H and O–H groups in total. The molecule has 0 aromatic carbocycles. The standard InChI is InChI=1S/C62H120O6/c1-6-8-9-10-11-12-13-14-19-24-27-34-39-44-49-54-62(65)68-59(56-67-61(64)53-48-43-38-33-29-28-31-36-41-46-51-58(5)7-2)55-66-60(63)52-47-42-37-32-26-23-21-18-16-15-17-20-22-25-30-35-40-45-50-57(3)4/h57-59H,6-56H2,1-5H3/t58?,59-/m0/s1. The van der Waals surface area contributed by atoms with Crippen LogP contribution in [-0.2, 0) is 28.6 Å². The Morgan fingerprint density at radius 2 is 0.559 bits per heavy atom. The molecule has 6 nitrogen and oxygen atoms in total. The average molecular weight is 962 g/mol. The minimum atomic E-state index is -0.763. The van der Waals surface area contributed by atoms with Crippen LogP contribution in [0.25, 0.3) is 0 Å². The molecule has 0 aromatic heterocycles. The van der Waals surface area contributed by atoms with Gasteiger partial charge in [-0.2, -0.15) is 0 Å². The minimum absolute atomic E-state index is 0.0623. The van der Waals surface area contributed by atoms with Crippen LogP contribution < -0.4 is 0 Å². The summed E-state index contributed by atoms with van der Waals surface area (Å²) in [5.74, 6) is 0.894. The maximum Gasteiger partial charge on any atom is 0.306 e. The van der Waals surface area contributed by atoms with Gasteiger partial charge in [0.2, 0.25) is 0 Å². The third-order valence-corrected chi connectivity index (χ3v) is 14.6. The van der Waals surface area contributed by atoms with Gasteiger partial charge >= 0.3 is 17.9 Å². The fourth-order valence-corrected chi connectivity index (χ4v) is 9.55. The number of unbranched alkanes of at least 4 members (excludes halogenated alkanes) is 40. The van der Waals surface area contributed by atoms with Gasteiger partial charge in [0, 0.05) is 19.3 Å². The third kappa shape index (κ3) is 53.8. The summed E-state index contributed by atoms with van der Waals surface area (Å²) in [4.78, 5) is 38.2. The van der Waals surface area contributed by atoms with Gasteiger partial charge < -0.3 is 14.2 Å². The Hall–Kier alpha value is -1.59. The summed E-state index contributed by atoms with van der Waals surface area (Å²) in [5.41, 5.74) is 0. The molecule has 0 fully saturated rings. The highest BCUT2D eigenvalue weighted by atomic mass is 16.6. The van der Waals surface area contributed by atoms with Crippen molar-refractivity contribution in [2.75, 3.05) is 13.2 Å². The predicted octanol–water partition coefficient (Wildman–Crippen LogP) is 20.4. The molecule has 0 spiro atoms. The van der Waals surface area contributed by atoms with Crippen LogP contribution in [0.5, 0.6) is 0 Å². The lowest BCUT2D eigenvalue weighted by molar-refractivity contribution is -0.167. The van der Waals surface area contributed by atoms with Gasteiger partial charge in [0.1, 0.15) is 13.2 Å². The van der Waals surface area contributed by atoms with Crippen LogP contribution in [0.3, 0.4) is 0 Å². The van der Waals surface area contributed by atoms with Crippen LogP contribution in [0.2, 0.25) is 0 Å². The van der Waals surface area contributed by atoms with Gasteiger partial charge in [-0.3, -0.25) is 14.4 Å². The zero-order valence-corrected chi connectivity index (χ0v) is 46.7. The molecule has 0 aliphatic rings. The molecule has 0 amide bonds. The van der Waals surface area contributed by atoms with E-state index in [2.05, 4.69) is 34.6 Å². The number of hydrogen-bond donors (Lipinski definition) is 0. The summed E-state index contributed by atoms with van der Waals surface area (Å²) < 4.78 is 16.9. The number of esters is 3. The summed E-state index contributed by atoms with van der Waals surface area (Å²) in [6, 6.07) is 0. The predicted molar refractivity (Wildman–Crippen MR) is 293 cm³/mol. The lowest BCUT2D eigenvalue weighted by Crippen LogP contribution is -2.30. The molecule has 68 heavy (non-hydrogen) atoms. The van der Waals surface area contributed by atoms with E-state index in [1.807, 2.05) is 0 Å². The van der Waals surface area contributed by atoms with Gasteiger partial charge in [-0.1, -0.05) is 311 Å².